The van der Waals surface area contributed by atoms with Gasteiger partial charge >= 0.3 is 12.1 Å². The van der Waals surface area contributed by atoms with E-state index < -0.39 is 17.6 Å². The lowest BCUT2D eigenvalue weighted by atomic mass is 9.98. The molecule has 1 unspecified atom stereocenters. The molecule has 1 aromatic carbocycles. The number of likely N-dealkylation sites (tertiary alicyclic amines) is 1. The van der Waals surface area contributed by atoms with Crippen LogP contribution in [0.4, 0.5) is 4.79 Å². The maximum Gasteiger partial charge on any atom is 0.407 e. The van der Waals surface area contributed by atoms with Crippen molar-refractivity contribution in [3.05, 3.63) is 34.9 Å². The molecule has 0 bridgehead atoms. The highest BCUT2D eigenvalue weighted by Crippen LogP contribution is 2.23. The Bertz CT molecular complexity index is 520. The SMILES string of the molecule is O=C(O)N1CCC(NCc2ccc(Cl)cc2)(C(=O)O)C1. The molecule has 1 saturated heterocycles. The molecular formula is C13H15ClN2O4. The number of rotatable bonds is 4. The first-order valence-electron chi connectivity index (χ1n) is 6.14. The number of nitrogens with zero attached hydrogens (tertiary/aromatic N) is 1. The van der Waals surface area contributed by atoms with E-state index in [9.17, 15) is 14.7 Å². The Balaban J connectivity index is 2.05. The van der Waals surface area contributed by atoms with Crippen LogP contribution in [0.15, 0.2) is 24.3 Å². The molecule has 1 atom stereocenters. The van der Waals surface area contributed by atoms with E-state index in [1.54, 1.807) is 24.3 Å². The summed E-state index contributed by atoms with van der Waals surface area (Å²) in [5.74, 6) is -1.03. The number of nitrogens with one attached hydrogen (secondary N) is 1. The van der Waals surface area contributed by atoms with Crippen LogP contribution in [0, 0.1) is 0 Å². The summed E-state index contributed by atoms with van der Waals surface area (Å²) in [6.07, 6.45) is -0.844. The zero-order valence-electron chi connectivity index (χ0n) is 10.7. The number of amides is 1. The topological polar surface area (TPSA) is 89.9 Å². The molecule has 7 heteroatoms. The molecule has 1 aliphatic heterocycles. The molecule has 20 heavy (non-hydrogen) atoms. The number of carbonyl (C=O) groups is 2. The molecule has 1 amide bonds. The highest BCUT2D eigenvalue weighted by molar-refractivity contribution is 6.30. The first-order chi connectivity index (χ1) is 9.43. The van der Waals surface area contributed by atoms with Gasteiger partial charge in [-0.3, -0.25) is 10.1 Å². The van der Waals surface area contributed by atoms with E-state index in [1.807, 2.05) is 0 Å². The quantitative estimate of drug-likeness (QED) is 0.786. The summed E-state index contributed by atoms with van der Waals surface area (Å²) in [5.41, 5.74) is -0.332. The molecule has 1 aliphatic rings. The second kappa shape index (κ2) is 5.68. The molecule has 0 radical (unpaired) electrons. The van der Waals surface area contributed by atoms with Crippen LogP contribution < -0.4 is 5.32 Å². The Kier molecular flexibility index (Phi) is 4.15. The van der Waals surface area contributed by atoms with Gasteiger partial charge in [0, 0.05) is 18.1 Å². The standard InChI is InChI=1S/C13H15ClN2O4/c14-10-3-1-9(2-4-10)7-15-13(11(17)18)5-6-16(8-13)12(19)20/h1-4,15H,5-8H2,(H,17,18)(H,19,20). The molecule has 1 fully saturated rings. The van der Waals surface area contributed by atoms with Crippen molar-refractivity contribution in [3.8, 4) is 0 Å². The fourth-order valence-corrected chi connectivity index (χ4v) is 2.37. The Morgan fingerprint density at radius 1 is 1.30 bits per heavy atom. The molecule has 1 aromatic rings. The van der Waals surface area contributed by atoms with Crippen molar-refractivity contribution in [2.45, 2.75) is 18.5 Å². The van der Waals surface area contributed by atoms with E-state index in [4.69, 9.17) is 16.7 Å². The fraction of sp³-hybridized carbons (Fsp3) is 0.385. The highest BCUT2D eigenvalue weighted by Gasteiger charge is 2.46. The molecule has 0 spiro atoms. The van der Waals surface area contributed by atoms with Gasteiger partial charge < -0.3 is 15.1 Å². The van der Waals surface area contributed by atoms with Crippen molar-refractivity contribution < 1.29 is 19.8 Å². The van der Waals surface area contributed by atoms with E-state index >= 15 is 0 Å². The smallest absolute Gasteiger partial charge is 0.407 e. The van der Waals surface area contributed by atoms with Gasteiger partial charge in [-0.2, -0.15) is 0 Å². The maximum atomic E-state index is 11.5. The van der Waals surface area contributed by atoms with Crippen molar-refractivity contribution in [3.63, 3.8) is 0 Å². The maximum absolute atomic E-state index is 11.5. The minimum absolute atomic E-state index is 0.0503. The molecule has 0 saturated carbocycles. The minimum atomic E-state index is -1.22. The Labute approximate surface area is 121 Å². The van der Waals surface area contributed by atoms with Crippen LogP contribution in [0.3, 0.4) is 0 Å². The largest absolute Gasteiger partial charge is 0.480 e. The van der Waals surface area contributed by atoms with E-state index in [0.717, 1.165) is 10.5 Å². The molecule has 0 aromatic heterocycles. The zero-order valence-corrected chi connectivity index (χ0v) is 11.4. The third-order valence-corrected chi connectivity index (χ3v) is 3.75. The summed E-state index contributed by atoms with van der Waals surface area (Å²) in [4.78, 5) is 23.5. The Morgan fingerprint density at radius 3 is 2.45 bits per heavy atom. The lowest BCUT2D eigenvalue weighted by Gasteiger charge is -2.25. The van der Waals surface area contributed by atoms with E-state index in [-0.39, 0.29) is 19.5 Å². The summed E-state index contributed by atoms with van der Waals surface area (Å²) in [5, 5.41) is 21.9. The minimum Gasteiger partial charge on any atom is -0.480 e. The number of halogens is 1. The van der Waals surface area contributed by atoms with Crippen molar-refractivity contribution in [2.75, 3.05) is 13.1 Å². The van der Waals surface area contributed by atoms with Gasteiger partial charge in [-0.15, -0.1) is 0 Å². The Hall–Kier alpha value is -1.79. The van der Waals surface area contributed by atoms with E-state index in [0.29, 0.717) is 11.6 Å². The zero-order chi connectivity index (χ0) is 14.8. The van der Waals surface area contributed by atoms with Crippen LogP contribution in [0.2, 0.25) is 5.02 Å². The lowest BCUT2D eigenvalue weighted by molar-refractivity contribution is -0.144. The molecule has 108 valence electrons. The van der Waals surface area contributed by atoms with Gasteiger partial charge in [0.1, 0.15) is 5.54 Å². The van der Waals surface area contributed by atoms with Gasteiger partial charge in [-0.1, -0.05) is 23.7 Å². The molecule has 1 heterocycles. The van der Waals surface area contributed by atoms with Crippen molar-refractivity contribution in [1.82, 2.24) is 10.2 Å². The van der Waals surface area contributed by atoms with Gasteiger partial charge in [0.05, 0.1) is 6.54 Å². The normalized spacial score (nSPS) is 21.9. The van der Waals surface area contributed by atoms with Gasteiger partial charge in [-0.25, -0.2) is 4.79 Å². The summed E-state index contributed by atoms with van der Waals surface area (Å²) in [6.45, 7) is 0.511. The molecule has 3 N–H and O–H groups in total. The molecule has 6 nitrogen and oxygen atoms in total. The fourth-order valence-electron chi connectivity index (χ4n) is 2.24. The average molecular weight is 299 g/mol. The number of aliphatic carboxylic acids is 1. The van der Waals surface area contributed by atoms with Crippen molar-refractivity contribution >= 4 is 23.7 Å². The molecular weight excluding hydrogens is 284 g/mol. The lowest BCUT2D eigenvalue weighted by Crippen LogP contribution is -2.54. The number of carboxylic acids is 1. The molecule has 0 aliphatic carbocycles. The third-order valence-electron chi connectivity index (χ3n) is 3.49. The third kappa shape index (κ3) is 3.02. The average Bonchev–Trinajstić information content (AvgIpc) is 2.84. The first-order valence-corrected chi connectivity index (χ1v) is 6.51. The van der Waals surface area contributed by atoms with E-state index in [1.165, 1.54) is 0 Å². The first kappa shape index (κ1) is 14.6. The van der Waals surface area contributed by atoms with Gasteiger partial charge in [0.15, 0.2) is 0 Å². The summed E-state index contributed by atoms with van der Waals surface area (Å²) in [7, 11) is 0. The van der Waals surface area contributed by atoms with Crippen molar-refractivity contribution in [2.24, 2.45) is 0 Å². The van der Waals surface area contributed by atoms with Gasteiger partial charge in [0.25, 0.3) is 0 Å². The number of benzene rings is 1. The van der Waals surface area contributed by atoms with Gasteiger partial charge in [0.2, 0.25) is 0 Å². The van der Waals surface area contributed by atoms with Crippen LogP contribution in [0.25, 0.3) is 0 Å². The predicted molar refractivity (Wildman–Crippen MR) is 72.9 cm³/mol. The second-order valence-electron chi connectivity index (χ2n) is 4.82. The second-order valence-corrected chi connectivity index (χ2v) is 5.26. The Morgan fingerprint density at radius 2 is 1.95 bits per heavy atom. The van der Waals surface area contributed by atoms with Crippen LogP contribution in [0.1, 0.15) is 12.0 Å². The summed E-state index contributed by atoms with van der Waals surface area (Å²) >= 11 is 5.78. The summed E-state index contributed by atoms with van der Waals surface area (Å²) in [6, 6.07) is 7.05. The van der Waals surface area contributed by atoms with Crippen LogP contribution in [0.5, 0.6) is 0 Å². The van der Waals surface area contributed by atoms with Crippen molar-refractivity contribution in [1.29, 1.82) is 0 Å². The monoisotopic (exact) mass is 298 g/mol. The van der Waals surface area contributed by atoms with E-state index in [2.05, 4.69) is 5.32 Å². The van der Waals surface area contributed by atoms with Crippen LogP contribution >= 0.6 is 11.6 Å². The number of hydrogen-bond acceptors (Lipinski definition) is 3. The van der Waals surface area contributed by atoms with Gasteiger partial charge in [-0.05, 0) is 24.1 Å². The molecule has 2 rings (SSSR count). The highest BCUT2D eigenvalue weighted by atomic mass is 35.5. The predicted octanol–water partition coefficient (Wildman–Crippen LogP) is 1.64. The van der Waals surface area contributed by atoms with Crippen LogP contribution in [-0.4, -0.2) is 45.8 Å². The van der Waals surface area contributed by atoms with Crippen LogP contribution in [-0.2, 0) is 11.3 Å². The number of hydrogen-bond donors (Lipinski definition) is 3. The number of carboxylic acid groups (broad SMARTS) is 2. The summed E-state index contributed by atoms with van der Waals surface area (Å²) < 4.78 is 0.